The molecule has 180 valence electrons. The lowest BCUT2D eigenvalue weighted by molar-refractivity contribution is -0.113. The molecule has 0 aliphatic carbocycles. The zero-order chi connectivity index (χ0) is 24.7. The molecular weight excluding hydrogens is 498 g/mol. The Bertz CT molecular complexity index is 1190. The third-order valence-electron chi connectivity index (χ3n) is 4.44. The molecule has 0 radical (unpaired) electrons. The molecule has 0 saturated heterocycles. The number of nitrogens with one attached hydrogen (secondary N) is 1. The highest BCUT2D eigenvalue weighted by Crippen LogP contribution is 2.25. The van der Waals surface area contributed by atoms with Crippen LogP contribution >= 0.6 is 34.7 Å². The molecule has 0 saturated carbocycles. The Kier molecular flexibility index (Phi) is 9.08. The van der Waals surface area contributed by atoms with Gasteiger partial charge >= 0.3 is 5.97 Å². The minimum Gasteiger partial charge on any atom is -0.485 e. The van der Waals surface area contributed by atoms with Crippen LogP contribution in [0, 0.1) is 13.8 Å². The summed E-state index contributed by atoms with van der Waals surface area (Å²) in [7, 11) is 0. The predicted octanol–water partition coefficient (Wildman–Crippen LogP) is 4.68. The number of halogens is 1. The van der Waals surface area contributed by atoms with Gasteiger partial charge in [-0.3, -0.25) is 9.36 Å². The van der Waals surface area contributed by atoms with E-state index >= 15 is 0 Å². The van der Waals surface area contributed by atoms with Crippen LogP contribution < -0.4 is 10.1 Å². The molecule has 1 N–H and O–H groups in total. The second kappa shape index (κ2) is 12.0. The number of rotatable bonds is 11. The van der Waals surface area contributed by atoms with Gasteiger partial charge in [0.05, 0.1) is 18.1 Å². The number of aromatic nitrogens is 4. The summed E-state index contributed by atoms with van der Waals surface area (Å²) in [5, 5.41) is 12.7. The molecule has 0 aliphatic heterocycles. The molecule has 12 heteroatoms. The Morgan fingerprint density at radius 1 is 1.32 bits per heavy atom. The Hall–Kier alpha value is -2.89. The van der Waals surface area contributed by atoms with Crippen molar-refractivity contribution in [3.63, 3.8) is 0 Å². The topological polar surface area (TPSA) is 108 Å². The van der Waals surface area contributed by atoms with E-state index in [2.05, 4.69) is 27.1 Å². The van der Waals surface area contributed by atoms with E-state index in [-0.39, 0.29) is 24.9 Å². The Morgan fingerprint density at radius 3 is 2.82 bits per heavy atom. The first-order valence-electron chi connectivity index (χ1n) is 10.3. The summed E-state index contributed by atoms with van der Waals surface area (Å²) < 4.78 is 12.7. The summed E-state index contributed by atoms with van der Waals surface area (Å²) in [6, 6.07) is 5.39. The summed E-state index contributed by atoms with van der Waals surface area (Å²) >= 11 is 8.31. The predicted molar refractivity (Wildman–Crippen MR) is 133 cm³/mol. The minimum absolute atomic E-state index is 0.0831. The maximum atomic E-state index is 12.5. The van der Waals surface area contributed by atoms with Crippen molar-refractivity contribution >= 4 is 51.7 Å². The molecule has 3 rings (SSSR count). The number of anilines is 1. The fourth-order valence-corrected chi connectivity index (χ4v) is 4.75. The van der Waals surface area contributed by atoms with Gasteiger partial charge in [-0.05, 0) is 44.5 Å². The molecule has 0 aliphatic rings. The van der Waals surface area contributed by atoms with Crippen LogP contribution in [0.4, 0.5) is 5.13 Å². The van der Waals surface area contributed by atoms with Gasteiger partial charge in [-0.2, -0.15) is 0 Å². The van der Waals surface area contributed by atoms with Gasteiger partial charge in [-0.25, -0.2) is 9.78 Å². The molecule has 9 nitrogen and oxygen atoms in total. The maximum absolute atomic E-state index is 12.5. The number of esters is 1. The van der Waals surface area contributed by atoms with Crippen molar-refractivity contribution in [2.45, 2.75) is 39.1 Å². The van der Waals surface area contributed by atoms with Crippen LogP contribution in [0.3, 0.4) is 0 Å². The molecular formula is C22H24ClN5O4S2. The molecule has 0 fully saturated rings. The number of nitrogens with zero attached hydrogens (tertiary/aromatic N) is 4. The average Bonchev–Trinajstić information content (AvgIpc) is 3.35. The highest BCUT2D eigenvalue weighted by Gasteiger charge is 2.19. The minimum atomic E-state index is -0.451. The quantitative estimate of drug-likeness (QED) is 0.220. The normalized spacial score (nSPS) is 10.7. The van der Waals surface area contributed by atoms with Crippen LogP contribution in [0.25, 0.3) is 0 Å². The van der Waals surface area contributed by atoms with Crippen LogP contribution in [-0.2, 0) is 22.7 Å². The lowest BCUT2D eigenvalue weighted by Gasteiger charge is -2.11. The SMILES string of the molecule is C=CCn1c(COc2ccc(Cl)cc2C)nnc1SCC(=O)Nc1nc(C)c(C(=O)OCC)s1. The third kappa shape index (κ3) is 6.58. The summed E-state index contributed by atoms with van der Waals surface area (Å²) in [6.07, 6.45) is 1.72. The lowest BCUT2D eigenvalue weighted by Crippen LogP contribution is -2.15. The average molecular weight is 522 g/mol. The zero-order valence-electron chi connectivity index (χ0n) is 19.0. The number of benzene rings is 1. The van der Waals surface area contributed by atoms with E-state index in [9.17, 15) is 9.59 Å². The van der Waals surface area contributed by atoms with Crippen molar-refractivity contribution in [1.29, 1.82) is 0 Å². The molecule has 1 aromatic carbocycles. The second-order valence-electron chi connectivity index (χ2n) is 6.99. The van der Waals surface area contributed by atoms with Gasteiger partial charge in [0.15, 0.2) is 16.1 Å². The molecule has 0 atom stereocenters. The molecule has 0 spiro atoms. The first-order chi connectivity index (χ1) is 16.3. The van der Waals surface area contributed by atoms with Crippen LogP contribution in [-0.4, -0.2) is 44.0 Å². The molecule has 3 aromatic rings. The molecule has 34 heavy (non-hydrogen) atoms. The van der Waals surface area contributed by atoms with E-state index in [4.69, 9.17) is 21.1 Å². The Balaban J connectivity index is 1.61. The van der Waals surface area contributed by atoms with Gasteiger partial charge in [0.1, 0.15) is 17.2 Å². The van der Waals surface area contributed by atoms with E-state index in [0.29, 0.717) is 44.0 Å². The van der Waals surface area contributed by atoms with Crippen LogP contribution in [0.1, 0.15) is 33.7 Å². The van der Waals surface area contributed by atoms with Gasteiger partial charge in [-0.1, -0.05) is 40.8 Å². The number of aryl methyl sites for hydroxylation is 2. The van der Waals surface area contributed by atoms with Gasteiger partial charge in [0, 0.05) is 11.6 Å². The van der Waals surface area contributed by atoms with Gasteiger partial charge in [0.2, 0.25) is 5.91 Å². The highest BCUT2D eigenvalue weighted by atomic mass is 35.5. The summed E-state index contributed by atoms with van der Waals surface area (Å²) in [5.74, 6) is 0.656. The summed E-state index contributed by atoms with van der Waals surface area (Å²) in [6.45, 7) is 10.1. The van der Waals surface area contributed by atoms with Crippen molar-refractivity contribution < 1.29 is 19.1 Å². The van der Waals surface area contributed by atoms with Gasteiger partial charge < -0.3 is 14.8 Å². The first-order valence-corrected chi connectivity index (χ1v) is 12.5. The number of ether oxygens (including phenoxy) is 2. The largest absolute Gasteiger partial charge is 0.485 e. The number of hydrogen-bond acceptors (Lipinski definition) is 9. The Labute approximate surface area is 210 Å². The van der Waals surface area contributed by atoms with Gasteiger partial charge in [-0.15, -0.1) is 16.8 Å². The van der Waals surface area contributed by atoms with Crippen molar-refractivity contribution in [3.8, 4) is 5.75 Å². The zero-order valence-corrected chi connectivity index (χ0v) is 21.4. The van der Waals surface area contributed by atoms with Crippen molar-refractivity contribution in [2.75, 3.05) is 17.7 Å². The number of hydrogen-bond donors (Lipinski definition) is 1. The molecule has 1 amide bonds. The first kappa shape index (κ1) is 25.7. The van der Waals surface area contributed by atoms with E-state index in [1.54, 1.807) is 32.1 Å². The van der Waals surface area contributed by atoms with Crippen LogP contribution in [0.15, 0.2) is 36.0 Å². The number of thioether (sulfide) groups is 1. The summed E-state index contributed by atoms with van der Waals surface area (Å²) in [5.41, 5.74) is 1.43. The van der Waals surface area contributed by atoms with Gasteiger partial charge in [0.25, 0.3) is 0 Å². The fraction of sp³-hybridized carbons (Fsp3) is 0.318. The third-order valence-corrected chi connectivity index (χ3v) is 6.69. The monoisotopic (exact) mass is 521 g/mol. The number of thiazole rings is 1. The molecule has 2 heterocycles. The lowest BCUT2D eigenvalue weighted by atomic mass is 10.2. The van der Waals surface area contributed by atoms with E-state index in [1.807, 2.05) is 17.6 Å². The fourth-order valence-electron chi connectivity index (χ4n) is 2.88. The number of allylic oxidation sites excluding steroid dienone is 1. The molecule has 0 unspecified atom stereocenters. The molecule has 0 bridgehead atoms. The van der Waals surface area contributed by atoms with Crippen LogP contribution in [0.5, 0.6) is 5.75 Å². The Morgan fingerprint density at radius 2 is 2.12 bits per heavy atom. The highest BCUT2D eigenvalue weighted by molar-refractivity contribution is 7.99. The smallest absolute Gasteiger partial charge is 0.350 e. The summed E-state index contributed by atoms with van der Waals surface area (Å²) in [4.78, 5) is 29.0. The van der Waals surface area contributed by atoms with Crippen molar-refractivity contribution in [1.82, 2.24) is 19.7 Å². The van der Waals surface area contributed by atoms with Crippen LogP contribution in [0.2, 0.25) is 5.02 Å². The molecule has 2 aromatic heterocycles. The second-order valence-corrected chi connectivity index (χ2v) is 9.37. The number of amides is 1. The number of carbonyl (C=O) groups is 2. The number of carbonyl (C=O) groups excluding carboxylic acids is 2. The van der Waals surface area contributed by atoms with Crippen molar-refractivity contribution in [2.24, 2.45) is 0 Å². The van der Waals surface area contributed by atoms with E-state index in [0.717, 1.165) is 16.9 Å². The maximum Gasteiger partial charge on any atom is 0.350 e. The van der Waals surface area contributed by atoms with Crippen molar-refractivity contribution in [3.05, 3.63) is 57.8 Å². The van der Waals surface area contributed by atoms with E-state index in [1.165, 1.54) is 11.8 Å². The van der Waals surface area contributed by atoms with E-state index < -0.39 is 5.97 Å². The standard InChI is InChI=1S/C22H24ClN5O4S2/c1-5-9-28-17(11-32-16-8-7-15(23)10-13(16)3)26-27-22(28)33-12-18(29)25-21-24-14(4)19(34-21)20(30)31-6-2/h5,7-8,10H,1,6,9,11-12H2,2-4H3,(H,24,25,29).